The number of aryl methyl sites for hydroxylation is 1. The normalized spacial score (nSPS) is 10.4. The number of imidazole rings is 1. The molecule has 3 aromatic rings. The summed E-state index contributed by atoms with van der Waals surface area (Å²) in [6.07, 6.45) is 7.17. The Kier molecular flexibility index (Phi) is 2.80. The lowest BCUT2D eigenvalue weighted by Crippen LogP contribution is -2.11. The molecule has 0 aliphatic rings. The minimum atomic E-state index is 0.384. The lowest BCUT2D eigenvalue weighted by Gasteiger charge is -2.07. The summed E-state index contributed by atoms with van der Waals surface area (Å²) < 4.78 is 1.97. The fourth-order valence-corrected chi connectivity index (χ4v) is 2.00. The number of nitrogens with zero attached hydrogens (tertiary/aromatic N) is 6. The van der Waals surface area contributed by atoms with Crippen LogP contribution in [0.1, 0.15) is 0 Å². The van der Waals surface area contributed by atoms with Gasteiger partial charge in [0.2, 0.25) is 5.95 Å². The van der Waals surface area contributed by atoms with Crippen molar-refractivity contribution >= 4 is 17.0 Å². The number of benzene rings is 1. The summed E-state index contributed by atoms with van der Waals surface area (Å²) in [4.78, 5) is 14.0. The molecule has 0 amide bonds. The molecule has 0 atom stereocenters. The first-order chi connectivity index (χ1) is 9.69. The molecule has 2 aromatic heterocycles. The SMILES string of the molecule is CN(C#N)c1ncc(-c2ccc3c(c2)ncn3C)cn1. The maximum atomic E-state index is 8.78. The predicted octanol–water partition coefficient (Wildman–Crippen LogP) is 1.95. The van der Waals surface area contributed by atoms with Crippen molar-refractivity contribution < 1.29 is 0 Å². The summed E-state index contributed by atoms with van der Waals surface area (Å²) >= 11 is 0. The van der Waals surface area contributed by atoms with Crippen LogP contribution in [0.2, 0.25) is 0 Å². The molecule has 0 unspecified atom stereocenters. The van der Waals surface area contributed by atoms with Crippen LogP contribution in [0.5, 0.6) is 0 Å². The largest absolute Gasteiger partial charge is 0.334 e. The number of fused-ring (bicyclic) bond motifs is 1. The van der Waals surface area contributed by atoms with Gasteiger partial charge < -0.3 is 4.57 Å². The van der Waals surface area contributed by atoms with Crippen molar-refractivity contribution in [3.8, 4) is 17.3 Å². The van der Waals surface area contributed by atoms with Gasteiger partial charge in [-0.15, -0.1) is 0 Å². The van der Waals surface area contributed by atoms with E-state index in [4.69, 9.17) is 5.26 Å². The Bertz CT molecular complexity index is 797. The Morgan fingerprint density at radius 2 is 1.90 bits per heavy atom. The van der Waals surface area contributed by atoms with Crippen LogP contribution in [-0.4, -0.2) is 26.6 Å². The molecule has 2 heterocycles. The Morgan fingerprint density at radius 1 is 1.15 bits per heavy atom. The van der Waals surface area contributed by atoms with Crippen molar-refractivity contribution in [2.45, 2.75) is 0 Å². The standard InChI is InChI=1S/C14H12N6/c1-19(8-15)14-16-6-11(7-17-14)10-3-4-13-12(5-10)18-9-20(13)2/h3-7,9H,1-2H3. The molecule has 0 fully saturated rings. The summed E-state index contributed by atoms with van der Waals surface area (Å²) in [5.74, 6) is 0.384. The Balaban J connectivity index is 2.00. The molecule has 98 valence electrons. The van der Waals surface area contributed by atoms with Crippen LogP contribution in [0, 0.1) is 11.5 Å². The molecular formula is C14H12N6. The maximum absolute atomic E-state index is 8.78. The van der Waals surface area contributed by atoms with Gasteiger partial charge in [0.05, 0.1) is 17.4 Å². The van der Waals surface area contributed by atoms with Gasteiger partial charge in [0.1, 0.15) is 0 Å². The van der Waals surface area contributed by atoms with Crippen LogP contribution >= 0.6 is 0 Å². The van der Waals surface area contributed by atoms with Gasteiger partial charge >= 0.3 is 0 Å². The van der Waals surface area contributed by atoms with Gasteiger partial charge in [-0.05, 0) is 17.7 Å². The number of nitriles is 1. The predicted molar refractivity (Wildman–Crippen MR) is 75.8 cm³/mol. The van der Waals surface area contributed by atoms with Gasteiger partial charge in [0, 0.05) is 32.1 Å². The summed E-state index contributed by atoms with van der Waals surface area (Å²) in [6, 6.07) is 6.03. The van der Waals surface area contributed by atoms with E-state index in [9.17, 15) is 0 Å². The topological polar surface area (TPSA) is 70.6 Å². The van der Waals surface area contributed by atoms with Crippen LogP contribution in [-0.2, 0) is 7.05 Å². The number of hydrogen-bond donors (Lipinski definition) is 0. The molecule has 6 nitrogen and oxygen atoms in total. The quantitative estimate of drug-likeness (QED) is 0.522. The molecule has 20 heavy (non-hydrogen) atoms. The first kappa shape index (κ1) is 12.1. The monoisotopic (exact) mass is 264 g/mol. The first-order valence-corrected chi connectivity index (χ1v) is 6.06. The molecule has 0 spiro atoms. The van der Waals surface area contributed by atoms with Crippen LogP contribution < -0.4 is 4.90 Å². The molecule has 0 N–H and O–H groups in total. The van der Waals surface area contributed by atoms with Gasteiger partial charge in [-0.1, -0.05) is 6.07 Å². The zero-order valence-corrected chi connectivity index (χ0v) is 11.1. The van der Waals surface area contributed by atoms with Crippen LogP contribution in [0.15, 0.2) is 36.9 Å². The van der Waals surface area contributed by atoms with E-state index < -0.39 is 0 Å². The van der Waals surface area contributed by atoms with E-state index in [0.717, 1.165) is 22.2 Å². The van der Waals surface area contributed by atoms with E-state index in [2.05, 4.69) is 15.0 Å². The van der Waals surface area contributed by atoms with Crippen molar-refractivity contribution in [3.63, 3.8) is 0 Å². The van der Waals surface area contributed by atoms with Crippen molar-refractivity contribution in [2.75, 3.05) is 11.9 Å². The fourth-order valence-electron chi connectivity index (χ4n) is 2.00. The third-order valence-electron chi connectivity index (χ3n) is 3.15. The summed E-state index contributed by atoms with van der Waals surface area (Å²) in [7, 11) is 3.58. The number of anilines is 1. The molecule has 6 heteroatoms. The highest BCUT2D eigenvalue weighted by Gasteiger charge is 2.06. The highest BCUT2D eigenvalue weighted by molar-refractivity contribution is 5.81. The molecule has 0 bridgehead atoms. The zero-order chi connectivity index (χ0) is 14.1. The molecule has 0 radical (unpaired) electrons. The highest BCUT2D eigenvalue weighted by Crippen LogP contribution is 2.23. The van der Waals surface area contributed by atoms with E-state index in [1.165, 1.54) is 4.90 Å². The van der Waals surface area contributed by atoms with Gasteiger partial charge in [-0.3, -0.25) is 4.90 Å². The number of aromatic nitrogens is 4. The smallest absolute Gasteiger partial charge is 0.238 e. The average molecular weight is 264 g/mol. The average Bonchev–Trinajstić information content (AvgIpc) is 2.87. The Labute approximate surface area is 115 Å². The molecule has 0 saturated heterocycles. The second kappa shape index (κ2) is 4.63. The molecular weight excluding hydrogens is 252 g/mol. The van der Waals surface area contributed by atoms with Gasteiger partial charge in [-0.2, -0.15) is 5.26 Å². The second-order valence-electron chi connectivity index (χ2n) is 4.49. The number of hydrogen-bond acceptors (Lipinski definition) is 5. The van der Waals surface area contributed by atoms with Crippen LogP contribution in [0.3, 0.4) is 0 Å². The highest BCUT2D eigenvalue weighted by atomic mass is 15.2. The van der Waals surface area contributed by atoms with Crippen molar-refractivity contribution in [1.29, 1.82) is 5.26 Å². The first-order valence-electron chi connectivity index (χ1n) is 6.06. The maximum Gasteiger partial charge on any atom is 0.238 e. The van der Waals surface area contributed by atoms with Crippen LogP contribution in [0.4, 0.5) is 5.95 Å². The molecule has 0 saturated carbocycles. The van der Waals surface area contributed by atoms with Gasteiger partial charge in [0.25, 0.3) is 0 Å². The molecule has 1 aromatic carbocycles. The summed E-state index contributed by atoms with van der Waals surface area (Å²) in [5.41, 5.74) is 3.91. The molecule has 0 aliphatic heterocycles. The van der Waals surface area contributed by atoms with E-state index in [1.807, 2.05) is 36.0 Å². The minimum Gasteiger partial charge on any atom is -0.334 e. The van der Waals surface area contributed by atoms with E-state index in [1.54, 1.807) is 25.8 Å². The molecule has 0 aliphatic carbocycles. The zero-order valence-electron chi connectivity index (χ0n) is 11.1. The van der Waals surface area contributed by atoms with Crippen molar-refractivity contribution in [3.05, 3.63) is 36.9 Å². The lowest BCUT2D eigenvalue weighted by atomic mass is 10.1. The summed E-state index contributed by atoms with van der Waals surface area (Å²) in [6.45, 7) is 0. The van der Waals surface area contributed by atoms with Crippen LogP contribution in [0.25, 0.3) is 22.2 Å². The van der Waals surface area contributed by atoms with E-state index in [-0.39, 0.29) is 0 Å². The minimum absolute atomic E-state index is 0.384. The summed E-state index contributed by atoms with van der Waals surface area (Å²) in [5, 5.41) is 8.78. The Morgan fingerprint density at radius 3 is 2.60 bits per heavy atom. The van der Waals surface area contributed by atoms with Crippen molar-refractivity contribution in [2.24, 2.45) is 7.05 Å². The third kappa shape index (κ3) is 1.95. The van der Waals surface area contributed by atoms with E-state index in [0.29, 0.717) is 5.95 Å². The van der Waals surface area contributed by atoms with Gasteiger partial charge in [-0.25, -0.2) is 15.0 Å². The fraction of sp³-hybridized carbons (Fsp3) is 0.143. The number of rotatable bonds is 2. The molecule has 3 rings (SSSR count). The Hall–Kier alpha value is -2.94. The lowest BCUT2D eigenvalue weighted by molar-refractivity contribution is 0.948. The van der Waals surface area contributed by atoms with Gasteiger partial charge in [0.15, 0.2) is 6.19 Å². The third-order valence-corrected chi connectivity index (χ3v) is 3.15. The van der Waals surface area contributed by atoms with Crippen molar-refractivity contribution in [1.82, 2.24) is 19.5 Å². The second-order valence-corrected chi connectivity index (χ2v) is 4.49. The van der Waals surface area contributed by atoms with E-state index >= 15 is 0 Å².